The molecule has 0 aliphatic rings. The molecule has 0 bridgehead atoms. The third-order valence-corrected chi connectivity index (χ3v) is 1.48. The minimum atomic E-state index is 0.177. The van der Waals surface area contributed by atoms with Crippen LogP contribution in [0.3, 0.4) is 0 Å². The summed E-state index contributed by atoms with van der Waals surface area (Å²) in [5, 5.41) is 1.56. The molecule has 11 heavy (non-hydrogen) atoms. The second-order valence-electron chi connectivity index (χ2n) is 2.45. The van der Waals surface area contributed by atoms with Crippen molar-refractivity contribution in [3.8, 4) is 0 Å². The molecule has 0 amide bonds. The molecule has 0 atom stereocenters. The molecule has 0 aromatic carbocycles. The van der Waals surface area contributed by atoms with Gasteiger partial charge in [0.05, 0.1) is 7.11 Å². The molecule has 0 aliphatic heterocycles. The lowest BCUT2D eigenvalue weighted by atomic mass is 10.2. The molecule has 64 valence electrons. The van der Waals surface area contributed by atoms with Gasteiger partial charge in [-0.25, -0.2) is 0 Å². The lowest BCUT2D eigenvalue weighted by Crippen LogP contribution is -2.15. The van der Waals surface area contributed by atoms with Crippen LogP contribution in [0.5, 0.6) is 0 Å². The van der Waals surface area contributed by atoms with E-state index in [1.165, 1.54) is 0 Å². The van der Waals surface area contributed by atoms with Gasteiger partial charge in [0.1, 0.15) is 5.78 Å². The van der Waals surface area contributed by atoms with E-state index in [0.717, 1.165) is 5.70 Å². The second kappa shape index (κ2) is 4.91. The van der Waals surface area contributed by atoms with Crippen molar-refractivity contribution >= 4 is 5.78 Å². The van der Waals surface area contributed by atoms with Crippen molar-refractivity contribution in [1.29, 1.82) is 0 Å². The highest BCUT2D eigenvalue weighted by Crippen LogP contribution is 2.06. The van der Waals surface area contributed by atoms with E-state index >= 15 is 0 Å². The fraction of sp³-hybridized carbons (Fsp3) is 0.625. The Bertz CT molecular complexity index is 154. The molecule has 0 spiro atoms. The quantitative estimate of drug-likeness (QED) is 0.564. The standard InChI is InChI=1S/C8H15NO2/c1-7(9(3)11-4)5-6-8(2)10/h1,5-6H2,2-4H3. The number of Topliss-reactive ketones (excluding diaryl/α,β-unsaturated/α-hetero) is 1. The molecule has 0 rings (SSSR count). The molecule has 3 heteroatoms. The number of carbonyl (C=O) groups is 1. The van der Waals surface area contributed by atoms with Gasteiger partial charge in [0.15, 0.2) is 0 Å². The van der Waals surface area contributed by atoms with Gasteiger partial charge in [-0.1, -0.05) is 6.58 Å². The zero-order valence-corrected chi connectivity index (χ0v) is 7.39. The predicted molar refractivity (Wildman–Crippen MR) is 43.8 cm³/mol. The number of ketones is 1. The average Bonchev–Trinajstić information content (AvgIpc) is 1.98. The lowest BCUT2D eigenvalue weighted by Gasteiger charge is -2.17. The molecule has 0 fully saturated rings. The van der Waals surface area contributed by atoms with E-state index < -0.39 is 0 Å². The van der Waals surface area contributed by atoms with Crippen molar-refractivity contribution in [3.05, 3.63) is 12.3 Å². The van der Waals surface area contributed by atoms with E-state index in [2.05, 4.69) is 6.58 Å². The Morgan fingerprint density at radius 3 is 2.45 bits per heavy atom. The van der Waals surface area contributed by atoms with Gasteiger partial charge in [-0.15, -0.1) is 0 Å². The normalized spacial score (nSPS) is 9.36. The molecule has 0 unspecified atom stereocenters. The fourth-order valence-electron chi connectivity index (χ4n) is 0.607. The highest BCUT2D eigenvalue weighted by Gasteiger charge is 2.01. The zero-order valence-electron chi connectivity index (χ0n) is 7.39. The van der Waals surface area contributed by atoms with E-state index in [4.69, 9.17) is 4.84 Å². The monoisotopic (exact) mass is 157 g/mol. The van der Waals surface area contributed by atoms with Crippen molar-refractivity contribution in [3.63, 3.8) is 0 Å². The van der Waals surface area contributed by atoms with Crippen molar-refractivity contribution in [2.45, 2.75) is 19.8 Å². The summed E-state index contributed by atoms with van der Waals surface area (Å²) in [5.41, 5.74) is 0.822. The Morgan fingerprint density at radius 2 is 2.09 bits per heavy atom. The number of hydrogen-bond donors (Lipinski definition) is 0. The summed E-state index contributed by atoms with van der Waals surface area (Å²) in [6, 6.07) is 0. The largest absolute Gasteiger partial charge is 0.300 e. The molecule has 0 saturated carbocycles. The molecular weight excluding hydrogens is 142 g/mol. The van der Waals surface area contributed by atoms with Crippen molar-refractivity contribution in [2.24, 2.45) is 0 Å². The molecule has 0 aliphatic carbocycles. The van der Waals surface area contributed by atoms with E-state index in [0.29, 0.717) is 12.8 Å². The van der Waals surface area contributed by atoms with Crippen molar-refractivity contribution in [1.82, 2.24) is 5.06 Å². The Labute approximate surface area is 67.6 Å². The maximum atomic E-state index is 10.6. The van der Waals surface area contributed by atoms with Crippen LogP contribution in [0.25, 0.3) is 0 Å². The lowest BCUT2D eigenvalue weighted by molar-refractivity contribution is -0.117. The van der Waals surface area contributed by atoms with Crippen molar-refractivity contribution < 1.29 is 9.63 Å². The molecular formula is C8H15NO2. The second-order valence-corrected chi connectivity index (χ2v) is 2.45. The Kier molecular flexibility index (Phi) is 4.54. The van der Waals surface area contributed by atoms with Crippen LogP contribution in [-0.4, -0.2) is 25.0 Å². The van der Waals surface area contributed by atoms with Gasteiger partial charge in [-0.05, 0) is 13.3 Å². The molecule has 0 heterocycles. The number of allylic oxidation sites excluding steroid dienone is 1. The first kappa shape index (κ1) is 10.2. The van der Waals surface area contributed by atoms with E-state index in [-0.39, 0.29) is 5.78 Å². The van der Waals surface area contributed by atoms with Gasteiger partial charge < -0.3 is 4.79 Å². The third kappa shape index (κ3) is 4.56. The minimum absolute atomic E-state index is 0.177. The molecule has 0 saturated heterocycles. The molecule has 0 aromatic heterocycles. The van der Waals surface area contributed by atoms with Crippen LogP contribution >= 0.6 is 0 Å². The first-order valence-electron chi connectivity index (χ1n) is 3.53. The number of hydrogen-bond acceptors (Lipinski definition) is 3. The first-order valence-corrected chi connectivity index (χ1v) is 3.53. The van der Waals surface area contributed by atoms with Gasteiger partial charge in [-0.2, -0.15) is 0 Å². The third-order valence-electron chi connectivity index (χ3n) is 1.48. The molecule has 0 aromatic rings. The van der Waals surface area contributed by atoms with Crippen LogP contribution in [0.15, 0.2) is 12.3 Å². The highest BCUT2D eigenvalue weighted by atomic mass is 16.7. The van der Waals surface area contributed by atoms with Crippen LogP contribution < -0.4 is 0 Å². The van der Waals surface area contributed by atoms with Gasteiger partial charge in [-0.3, -0.25) is 9.90 Å². The molecule has 3 nitrogen and oxygen atoms in total. The highest BCUT2D eigenvalue weighted by molar-refractivity contribution is 5.75. The van der Waals surface area contributed by atoms with Gasteiger partial charge in [0.25, 0.3) is 0 Å². The first-order chi connectivity index (χ1) is 5.07. The summed E-state index contributed by atoms with van der Waals surface area (Å²) in [6.07, 6.45) is 1.20. The number of rotatable bonds is 5. The Hall–Kier alpha value is -0.830. The Morgan fingerprint density at radius 1 is 1.55 bits per heavy atom. The SMILES string of the molecule is C=C(CCC(C)=O)N(C)OC. The topological polar surface area (TPSA) is 29.5 Å². The number of nitrogens with zero attached hydrogens (tertiary/aromatic N) is 1. The molecule has 0 N–H and O–H groups in total. The maximum Gasteiger partial charge on any atom is 0.130 e. The summed E-state index contributed by atoms with van der Waals surface area (Å²) in [4.78, 5) is 15.4. The van der Waals surface area contributed by atoms with Crippen LogP contribution in [0.2, 0.25) is 0 Å². The molecule has 0 radical (unpaired) electrons. The summed E-state index contributed by atoms with van der Waals surface area (Å²) in [6.45, 7) is 5.32. The van der Waals surface area contributed by atoms with Gasteiger partial charge in [0, 0.05) is 19.2 Å². The van der Waals surface area contributed by atoms with Crippen molar-refractivity contribution in [2.75, 3.05) is 14.2 Å². The summed E-state index contributed by atoms with van der Waals surface area (Å²) in [5.74, 6) is 0.177. The zero-order chi connectivity index (χ0) is 8.85. The van der Waals surface area contributed by atoms with Gasteiger partial charge >= 0.3 is 0 Å². The van der Waals surface area contributed by atoms with E-state index in [1.807, 2.05) is 0 Å². The predicted octanol–water partition coefficient (Wildman–Crippen LogP) is 1.36. The fourth-order valence-corrected chi connectivity index (χ4v) is 0.607. The summed E-state index contributed by atoms with van der Waals surface area (Å²) >= 11 is 0. The Balaban J connectivity index is 3.60. The summed E-state index contributed by atoms with van der Waals surface area (Å²) in [7, 11) is 3.33. The number of carbonyl (C=O) groups excluding carboxylic acids is 1. The summed E-state index contributed by atoms with van der Waals surface area (Å²) < 4.78 is 0. The van der Waals surface area contributed by atoms with Gasteiger partial charge in [0.2, 0.25) is 0 Å². The van der Waals surface area contributed by atoms with Crippen LogP contribution in [0.1, 0.15) is 19.8 Å². The number of hydroxylamine groups is 2. The smallest absolute Gasteiger partial charge is 0.130 e. The van der Waals surface area contributed by atoms with E-state index in [9.17, 15) is 4.79 Å². The van der Waals surface area contributed by atoms with Crippen LogP contribution in [0, 0.1) is 0 Å². The van der Waals surface area contributed by atoms with Crippen LogP contribution in [0.4, 0.5) is 0 Å². The van der Waals surface area contributed by atoms with E-state index in [1.54, 1.807) is 26.1 Å². The average molecular weight is 157 g/mol. The van der Waals surface area contributed by atoms with Crippen LogP contribution in [-0.2, 0) is 9.63 Å². The maximum absolute atomic E-state index is 10.6. The minimum Gasteiger partial charge on any atom is -0.300 e.